The highest BCUT2D eigenvalue weighted by molar-refractivity contribution is 8.78. The molecule has 1 aromatic rings. The van der Waals surface area contributed by atoms with Gasteiger partial charge < -0.3 is 4.90 Å². The minimum absolute atomic E-state index is 0.00590. The van der Waals surface area contributed by atoms with Crippen LogP contribution < -0.4 is 4.90 Å². The van der Waals surface area contributed by atoms with E-state index in [2.05, 4.69) is 13.8 Å². The van der Waals surface area contributed by atoms with E-state index in [4.69, 9.17) is 0 Å². The number of hydrogen-bond donors (Lipinski definition) is 0. The van der Waals surface area contributed by atoms with E-state index in [9.17, 15) is 9.59 Å². The summed E-state index contributed by atoms with van der Waals surface area (Å²) in [6, 6.07) is 7.88. The molecule has 2 amide bonds. The van der Waals surface area contributed by atoms with Crippen LogP contribution in [-0.2, 0) is 15.0 Å². The van der Waals surface area contributed by atoms with Crippen molar-refractivity contribution in [1.29, 1.82) is 0 Å². The van der Waals surface area contributed by atoms with Crippen molar-refractivity contribution in [3.05, 3.63) is 29.8 Å². The van der Waals surface area contributed by atoms with Gasteiger partial charge in [-0.25, -0.2) is 0 Å². The van der Waals surface area contributed by atoms with Gasteiger partial charge in [0.25, 0.3) is 11.8 Å². The van der Waals surface area contributed by atoms with Gasteiger partial charge in [-0.3, -0.25) is 14.5 Å². The number of rotatable bonds is 0. The molecule has 0 radical (unpaired) electrons. The summed E-state index contributed by atoms with van der Waals surface area (Å²) < 4.78 is 0. The number of carbonyl (C=O) groups excluding carboxylic acids is 2. The highest BCUT2D eigenvalue weighted by Gasteiger charge is 2.75. The lowest BCUT2D eigenvalue weighted by Gasteiger charge is -2.59. The van der Waals surface area contributed by atoms with Gasteiger partial charge in [0, 0.05) is 18.2 Å². The Hall–Kier alpha value is -1.14. The number of carbonyl (C=O) groups is 2. The largest absolute Gasteiger partial charge is 0.319 e. The molecule has 21 heavy (non-hydrogen) atoms. The second-order valence-electron chi connectivity index (χ2n) is 6.44. The molecule has 1 spiro atoms. The van der Waals surface area contributed by atoms with Crippen LogP contribution in [0.5, 0.6) is 0 Å². The molecular formula is C15H16N2O2S2. The van der Waals surface area contributed by atoms with E-state index in [1.807, 2.05) is 31.2 Å². The van der Waals surface area contributed by atoms with Crippen molar-refractivity contribution in [3.63, 3.8) is 0 Å². The van der Waals surface area contributed by atoms with Crippen LogP contribution in [0, 0.1) is 0 Å². The van der Waals surface area contributed by atoms with E-state index < -0.39 is 15.2 Å². The summed E-state index contributed by atoms with van der Waals surface area (Å²) in [6.07, 6.45) is 0. The Morgan fingerprint density at radius 3 is 2.38 bits per heavy atom. The maximum Gasteiger partial charge on any atom is 0.265 e. The molecule has 2 atom stereocenters. The molecule has 4 aliphatic rings. The Kier molecular flexibility index (Phi) is 2.32. The first kappa shape index (κ1) is 13.5. The first-order valence-electron chi connectivity index (χ1n) is 6.88. The molecule has 3 fully saturated rings. The second kappa shape index (κ2) is 3.60. The van der Waals surface area contributed by atoms with E-state index >= 15 is 0 Å². The molecule has 4 heterocycles. The van der Waals surface area contributed by atoms with Crippen molar-refractivity contribution in [2.24, 2.45) is 0 Å². The summed E-state index contributed by atoms with van der Waals surface area (Å²) in [5, 5.41) is 0. The van der Waals surface area contributed by atoms with Gasteiger partial charge in [-0.2, -0.15) is 0 Å². The molecule has 5 rings (SSSR count). The average Bonchev–Trinajstić information content (AvgIpc) is 2.66. The standard InChI is InChI=1S/C15H16N2O2S2/c1-13(2)9-7-5-6-8-10(9)17-11(18)14(3)16(4)12(19)15(13,17)21-20-14/h5-8H,1-4H3/t14-,15+/m1/s1. The quantitative estimate of drug-likeness (QED) is 0.689. The highest BCUT2D eigenvalue weighted by atomic mass is 33.1. The van der Waals surface area contributed by atoms with E-state index in [-0.39, 0.29) is 11.8 Å². The monoisotopic (exact) mass is 320 g/mol. The summed E-state index contributed by atoms with van der Waals surface area (Å²) in [4.78, 5) is 27.9. The first-order valence-corrected chi connectivity index (χ1v) is 9.03. The predicted molar refractivity (Wildman–Crippen MR) is 86.0 cm³/mol. The number of hydrogen-bond acceptors (Lipinski definition) is 4. The number of amides is 2. The molecule has 0 aromatic heterocycles. The van der Waals surface area contributed by atoms with Crippen LogP contribution in [0.25, 0.3) is 0 Å². The topological polar surface area (TPSA) is 40.6 Å². The molecule has 0 N–H and O–H groups in total. The van der Waals surface area contributed by atoms with Gasteiger partial charge in [-0.1, -0.05) is 53.6 Å². The molecule has 0 unspecified atom stereocenters. The van der Waals surface area contributed by atoms with E-state index in [1.165, 1.54) is 21.6 Å². The zero-order chi connectivity index (χ0) is 15.2. The summed E-state index contributed by atoms with van der Waals surface area (Å²) in [5.41, 5.74) is 1.52. The Morgan fingerprint density at radius 1 is 1.00 bits per heavy atom. The highest BCUT2D eigenvalue weighted by Crippen LogP contribution is 2.69. The molecule has 3 saturated heterocycles. The van der Waals surface area contributed by atoms with Crippen molar-refractivity contribution in [2.45, 2.75) is 35.9 Å². The Bertz CT molecular complexity index is 705. The van der Waals surface area contributed by atoms with Crippen LogP contribution in [0.1, 0.15) is 26.3 Å². The maximum absolute atomic E-state index is 13.1. The van der Waals surface area contributed by atoms with E-state index in [0.717, 1.165) is 11.3 Å². The van der Waals surface area contributed by atoms with Crippen LogP contribution in [0.4, 0.5) is 5.69 Å². The molecule has 4 aliphatic heterocycles. The van der Waals surface area contributed by atoms with Crippen molar-refractivity contribution < 1.29 is 9.59 Å². The average molecular weight is 320 g/mol. The zero-order valence-corrected chi connectivity index (χ0v) is 14.0. The number of para-hydroxylation sites is 1. The molecular weight excluding hydrogens is 304 g/mol. The summed E-state index contributed by atoms with van der Waals surface area (Å²) in [5.74, 6) is 0.0286. The number of benzene rings is 1. The predicted octanol–water partition coefficient (Wildman–Crippen LogP) is 2.59. The van der Waals surface area contributed by atoms with Gasteiger partial charge in [0.05, 0.1) is 0 Å². The second-order valence-corrected chi connectivity index (χ2v) is 9.16. The third kappa shape index (κ3) is 1.16. The Morgan fingerprint density at radius 2 is 1.67 bits per heavy atom. The lowest BCUT2D eigenvalue weighted by atomic mass is 9.78. The fraction of sp³-hybridized carbons (Fsp3) is 0.467. The van der Waals surface area contributed by atoms with E-state index in [1.54, 1.807) is 16.8 Å². The van der Waals surface area contributed by atoms with Gasteiger partial charge in [0.2, 0.25) is 0 Å². The minimum Gasteiger partial charge on any atom is -0.319 e. The number of piperazine rings is 1. The van der Waals surface area contributed by atoms with E-state index in [0.29, 0.717) is 0 Å². The lowest BCUT2D eigenvalue weighted by Crippen LogP contribution is -2.78. The van der Waals surface area contributed by atoms with Crippen LogP contribution >= 0.6 is 21.6 Å². The van der Waals surface area contributed by atoms with Gasteiger partial charge >= 0.3 is 0 Å². The number of likely N-dealkylation sites (N-methyl/N-ethyl adjacent to an activating group) is 1. The molecule has 0 aliphatic carbocycles. The fourth-order valence-electron chi connectivity index (χ4n) is 3.63. The third-order valence-electron chi connectivity index (χ3n) is 5.14. The SMILES string of the molecule is CN1C(=O)[C@@]23SS[C@]1(C)C(=O)N2c1ccccc1C3(C)C. The van der Waals surface area contributed by atoms with Crippen LogP contribution in [-0.4, -0.2) is 33.5 Å². The zero-order valence-electron chi connectivity index (χ0n) is 12.3. The van der Waals surface area contributed by atoms with Gasteiger partial charge in [0.1, 0.15) is 0 Å². The van der Waals surface area contributed by atoms with Crippen molar-refractivity contribution >= 4 is 39.1 Å². The molecule has 110 valence electrons. The number of nitrogens with zero attached hydrogens (tertiary/aromatic N) is 2. The molecule has 0 saturated carbocycles. The van der Waals surface area contributed by atoms with Crippen molar-refractivity contribution in [3.8, 4) is 0 Å². The van der Waals surface area contributed by atoms with Gasteiger partial charge in [-0.15, -0.1) is 0 Å². The van der Waals surface area contributed by atoms with Crippen molar-refractivity contribution in [2.75, 3.05) is 11.9 Å². The number of anilines is 1. The van der Waals surface area contributed by atoms with Crippen LogP contribution in [0.2, 0.25) is 0 Å². The van der Waals surface area contributed by atoms with Crippen molar-refractivity contribution in [1.82, 2.24) is 4.90 Å². The smallest absolute Gasteiger partial charge is 0.265 e. The third-order valence-corrected chi connectivity index (χ3v) is 9.05. The lowest BCUT2D eigenvalue weighted by molar-refractivity contribution is -0.148. The molecule has 6 heteroatoms. The summed E-state index contributed by atoms with van der Waals surface area (Å²) in [7, 11) is 4.79. The first-order chi connectivity index (χ1) is 9.78. The number of fused-ring (bicyclic) bond motifs is 3. The molecule has 1 aromatic carbocycles. The summed E-state index contributed by atoms with van der Waals surface area (Å²) >= 11 is 0. The van der Waals surface area contributed by atoms with Crippen LogP contribution in [0.15, 0.2) is 24.3 Å². The Labute approximate surface area is 131 Å². The maximum atomic E-state index is 13.1. The minimum atomic E-state index is -0.870. The van der Waals surface area contributed by atoms with Gasteiger partial charge in [0.15, 0.2) is 9.74 Å². The molecule has 2 bridgehead atoms. The normalized spacial score (nSPS) is 36.0. The Balaban J connectivity index is 2.08. The van der Waals surface area contributed by atoms with Crippen LogP contribution in [0.3, 0.4) is 0 Å². The molecule has 4 nitrogen and oxygen atoms in total. The fourth-order valence-corrected chi connectivity index (χ4v) is 7.51. The summed E-state index contributed by atoms with van der Waals surface area (Å²) in [6.45, 7) is 5.96. The van der Waals surface area contributed by atoms with Gasteiger partial charge in [-0.05, 0) is 18.6 Å².